The number of carbonyl (C=O) groups excluding carboxylic acids is 2. The quantitative estimate of drug-likeness (QED) is 0.552. The van der Waals surface area contributed by atoms with Crippen LogP contribution in [0.4, 0.5) is 5.69 Å². The highest BCUT2D eigenvalue weighted by atomic mass is 16.6. The first-order valence-electron chi connectivity index (χ1n) is 10.6. The summed E-state index contributed by atoms with van der Waals surface area (Å²) < 4.78 is 6.09. The number of nitrogens with one attached hydrogen (secondary N) is 1. The summed E-state index contributed by atoms with van der Waals surface area (Å²) >= 11 is 0. The Bertz CT molecular complexity index is 1300. The molecule has 6 heteroatoms. The molecule has 0 radical (unpaired) electrons. The zero-order valence-electron chi connectivity index (χ0n) is 18.1. The minimum absolute atomic E-state index is 0.165. The van der Waals surface area contributed by atoms with E-state index < -0.39 is 23.0 Å². The Labute approximate surface area is 186 Å². The molecule has 1 aliphatic carbocycles. The number of benzene rings is 3. The first-order valence-corrected chi connectivity index (χ1v) is 10.6. The summed E-state index contributed by atoms with van der Waals surface area (Å²) in [6.07, 6.45) is 0. The van der Waals surface area contributed by atoms with E-state index in [0.29, 0.717) is 16.9 Å². The molecule has 2 aliphatic rings. The second kappa shape index (κ2) is 6.68. The molecule has 4 N–H and O–H groups in total. The van der Waals surface area contributed by atoms with Gasteiger partial charge in [0.25, 0.3) is 11.7 Å². The minimum Gasteiger partial charge on any atom is -0.454 e. The van der Waals surface area contributed by atoms with Crippen LogP contribution < -0.4 is 15.8 Å². The van der Waals surface area contributed by atoms with Crippen LogP contribution >= 0.6 is 0 Å². The third kappa shape index (κ3) is 2.50. The van der Waals surface area contributed by atoms with Crippen LogP contribution in [0, 0.1) is 6.92 Å². The van der Waals surface area contributed by atoms with Gasteiger partial charge in [-0.25, -0.2) is 0 Å². The Morgan fingerprint density at radius 3 is 2.53 bits per heavy atom. The topological polar surface area (TPSA) is 102 Å². The summed E-state index contributed by atoms with van der Waals surface area (Å²) in [5.41, 5.74) is 7.60. The molecule has 0 bridgehead atoms. The molecule has 1 aliphatic heterocycles. The lowest BCUT2D eigenvalue weighted by Crippen LogP contribution is -2.60. The molecule has 32 heavy (non-hydrogen) atoms. The first kappa shape index (κ1) is 20.3. The summed E-state index contributed by atoms with van der Waals surface area (Å²) in [6, 6.07) is 17.4. The Balaban J connectivity index is 1.73. The number of rotatable bonds is 3. The predicted molar refractivity (Wildman–Crippen MR) is 121 cm³/mol. The molecule has 0 saturated carbocycles. The zero-order chi connectivity index (χ0) is 22.8. The summed E-state index contributed by atoms with van der Waals surface area (Å²) in [6.45, 7) is 5.97. The third-order valence-corrected chi connectivity index (χ3v) is 6.45. The van der Waals surface area contributed by atoms with Crippen LogP contribution in [0.3, 0.4) is 0 Å². The number of aryl methyl sites for hydroxylation is 1. The lowest BCUT2D eigenvalue weighted by molar-refractivity contribution is -0.169. The van der Waals surface area contributed by atoms with E-state index in [-0.39, 0.29) is 22.7 Å². The van der Waals surface area contributed by atoms with Gasteiger partial charge in [-0.3, -0.25) is 9.59 Å². The van der Waals surface area contributed by atoms with Gasteiger partial charge in [-0.15, -0.1) is 0 Å². The highest BCUT2D eigenvalue weighted by Crippen LogP contribution is 2.59. The maximum Gasteiger partial charge on any atom is 0.271 e. The van der Waals surface area contributed by atoms with Crippen molar-refractivity contribution in [2.75, 3.05) is 5.73 Å². The van der Waals surface area contributed by atoms with Crippen molar-refractivity contribution in [2.24, 2.45) is 0 Å². The van der Waals surface area contributed by atoms with Gasteiger partial charge in [-0.1, -0.05) is 55.8 Å². The van der Waals surface area contributed by atoms with Crippen LogP contribution in [0.2, 0.25) is 0 Å². The van der Waals surface area contributed by atoms with Gasteiger partial charge >= 0.3 is 0 Å². The number of nitrogen functional groups attached to an aromatic ring is 1. The molecule has 5 rings (SSSR count). The monoisotopic (exact) mass is 428 g/mol. The van der Waals surface area contributed by atoms with E-state index in [2.05, 4.69) is 5.32 Å². The van der Waals surface area contributed by atoms with Crippen LogP contribution in [0.5, 0.6) is 5.75 Å². The molecule has 0 spiro atoms. The number of ether oxygens (including phenoxy) is 1. The Hall–Kier alpha value is -3.64. The number of fused-ring (bicyclic) bond motifs is 5. The van der Waals surface area contributed by atoms with Gasteiger partial charge < -0.3 is 20.9 Å². The van der Waals surface area contributed by atoms with E-state index in [1.54, 1.807) is 42.5 Å². The van der Waals surface area contributed by atoms with Crippen molar-refractivity contribution in [2.45, 2.75) is 38.0 Å². The van der Waals surface area contributed by atoms with E-state index in [1.165, 1.54) is 0 Å². The van der Waals surface area contributed by atoms with Crippen molar-refractivity contribution in [3.05, 3.63) is 94.0 Å². The number of aliphatic hydroxyl groups is 1. The average Bonchev–Trinajstić information content (AvgIpc) is 3.11. The SMILES string of the molecule is Cc1cccc(C(=O)NC23C(=O)c4c(N)cccc4C2(O)Oc2cc(C(C)C)ccc23)c1. The fraction of sp³-hybridized carbons (Fsp3) is 0.231. The minimum atomic E-state index is -2.12. The number of Topliss-reactive ketones (excluding diaryl/α,β-unsaturated/α-hetero) is 1. The van der Waals surface area contributed by atoms with E-state index in [9.17, 15) is 14.7 Å². The van der Waals surface area contributed by atoms with Crippen LogP contribution in [-0.4, -0.2) is 16.8 Å². The summed E-state index contributed by atoms with van der Waals surface area (Å²) in [4.78, 5) is 27.2. The Morgan fingerprint density at radius 2 is 1.81 bits per heavy atom. The number of hydrogen-bond acceptors (Lipinski definition) is 5. The van der Waals surface area contributed by atoms with Crippen molar-refractivity contribution in [1.82, 2.24) is 5.32 Å². The van der Waals surface area contributed by atoms with Crippen LogP contribution in [0.15, 0.2) is 60.7 Å². The molecule has 0 aromatic heterocycles. The van der Waals surface area contributed by atoms with E-state index in [1.807, 2.05) is 39.0 Å². The number of nitrogens with two attached hydrogens (primary N) is 1. The second-order valence-corrected chi connectivity index (χ2v) is 8.83. The molecule has 3 aromatic carbocycles. The van der Waals surface area contributed by atoms with Gasteiger partial charge in [0.2, 0.25) is 11.3 Å². The number of carbonyl (C=O) groups is 2. The normalized spacial score (nSPS) is 22.8. The number of amides is 1. The van der Waals surface area contributed by atoms with Crippen LogP contribution in [0.25, 0.3) is 0 Å². The van der Waals surface area contributed by atoms with Gasteiger partial charge in [0.1, 0.15) is 5.75 Å². The Morgan fingerprint density at radius 1 is 1.06 bits per heavy atom. The van der Waals surface area contributed by atoms with E-state index in [4.69, 9.17) is 10.5 Å². The zero-order valence-corrected chi connectivity index (χ0v) is 18.1. The lowest BCUT2D eigenvalue weighted by atomic mass is 9.82. The predicted octanol–water partition coefficient (Wildman–Crippen LogP) is 3.76. The fourth-order valence-electron chi connectivity index (χ4n) is 4.77. The highest BCUT2D eigenvalue weighted by molar-refractivity contribution is 6.16. The molecule has 3 aromatic rings. The largest absolute Gasteiger partial charge is 0.454 e. The Kier molecular flexibility index (Phi) is 4.23. The number of ketones is 1. The molecule has 6 nitrogen and oxygen atoms in total. The molecular weight excluding hydrogens is 404 g/mol. The third-order valence-electron chi connectivity index (χ3n) is 6.45. The standard InChI is InChI=1S/C26H24N2O4/c1-14(2)16-10-11-18-21(13-16)32-26(31)19-8-5-9-20(27)22(19)23(29)25(18,26)28-24(30)17-7-4-6-15(3)12-17/h4-14,31H,27H2,1-3H3,(H,28,30). The molecule has 2 atom stereocenters. The summed E-state index contributed by atoms with van der Waals surface area (Å²) in [7, 11) is 0. The molecule has 0 fully saturated rings. The first-order chi connectivity index (χ1) is 15.2. The van der Waals surface area contributed by atoms with E-state index in [0.717, 1.165) is 11.1 Å². The second-order valence-electron chi connectivity index (χ2n) is 8.83. The van der Waals surface area contributed by atoms with Gasteiger partial charge in [0, 0.05) is 22.4 Å². The molecule has 2 unspecified atom stereocenters. The van der Waals surface area contributed by atoms with Crippen molar-refractivity contribution < 1.29 is 19.4 Å². The average molecular weight is 428 g/mol. The number of hydrogen-bond donors (Lipinski definition) is 3. The molecule has 1 amide bonds. The maximum absolute atomic E-state index is 13.9. The number of anilines is 1. The van der Waals surface area contributed by atoms with E-state index >= 15 is 0 Å². The fourth-order valence-corrected chi connectivity index (χ4v) is 4.77. The molecule has 1 heterocycles. The summed E-state index contributed by atoms with van der Waals surface area (Å²) in [5.74, 6) is -2.52. The highest BCUT2D eigenvalue weighted by Gasteiger charge is 2.72. The maximum atomic E-state index is 13.9. The summed E-state index contributed by atoms with van der Waals surface area (Å²) in [5, 5.41) is 14.8. The van der Waals surface area contributed by atoms with Crippen molar-refractivity contribution in [3.63, 3.8) is 0 Å². The van der Waals surface area contributed by atoms with Gasteiger partial charge in [-0.2, -0.15) is 0 Å². The molecule has 0 saturated heterocycles. The van der Waals surface area contributed by atoms with Crippen molar-refractivity contribution in [1.29, 1.82) is 0 Å². The van der Waals surface area contributed by atoms with Crippen molar-refractivity contribution in [3.8, 4) is 5.75 Å². The van der Waals surface area contributed by atoms with Gasteiger partial charge in [-0.05, 0) is 42.7 Å². The molecular formula is C26H24N2O4. The molecule has 162 valence electrons. The lowest BCUT2D eigenvalue weighted by Gasteiger charge is -2.34. The van der Waals surface area contributed by atoms with Crippen molar-refractivity contribution >= 4 is 17.4 Å². The van der Waals surface area contributed by atoms with Crippen LogP contribution in [-0.2, 0) is 11.3 Å². The van der Waals surface area contributed by atoms with Gasteiger partial charge in [0.15, 0.2) is 0 Å². The van der Waals surface area contributed by atoms with Crippen LogP contribution in [0.1, 0.15) is 62.7 Å². The van der Waals surface area contributed by atoms with Gasteiger partial charge in [0.05, 0.1) is 5.56 Å². The smallest absolute Gasteiger partial charge is 0.271 e.